The fourth-order valence-corrected chi connectivity index (χ4v) is 4.50. The van der Waals surface area contributed by atoms with Crippen molar-refractivity contribution in [2.45, 2.75) is 49.9 Å². The minimum Gasteiger partial charge on any atom is -0.496 e. The van der Waals surface area contributed by atoms with Crippen molar-refractivity contribution in [1.29, 1.82) is 0 Å². The molecule has 0 bridgehead atoms. The fraction of sp³-hybridized carbons (Fsp3) is 0.360. The summed E-state index contributed by atoms with van der Waals surface area (Å²) in [5.74, 6) is -0.0621. The van der Waals surface area contributed by atoms with Gasteiger partial charge in [-0.25, -0.2) is 0 Å². The first-order valence-corrected chi connectivity index (χ1v) is 10.9. The molecule has 4 rings (SSSR count). The van der Waals surface area contributed by atoms with Gasteiger partial charge >= 0.3 is 6.18 Å². The topological polar surface area (TPSA) is 58.6 Å². The zero-order valence-corrected chi connectivity index (χ0v) is 18.2. The Kier molecular flexibility index (Phi) is 6.19. The smallest absolute Gasteiger partial charge is 0.416 e. The van der Waals surface area contributed by atoms with Crippen molar-refractivity contribution in [2.24, 2.45) is 0 Å². The molecule has 8 heteroatoms. The molecule has 174 valence electrons. The van der Waals surface area contributed by atoms with Crippen LogP contribution in [0.5, 0.6) is 5.75 Å². The quantitative estimate of drug-likeness (QED) is 0.623. The van der Waals surface area contributed by atoms with E-state index in [2.05, 4.69) is 5.32 Å². The first-order chi connectivity index (χ1) is 15.7. The number of para-hydroxylation sites is 1. The van der Waals surface area contributed by atoms with Gasteiger partial charge in [0.1, 0.15) is 5.75 Å². The molecule has 0 radical (unpaired) electrons. The summed E-state index contributed by atoms with van der Waals surface area (Å²) in [5, 5.41) is 3.05. The predicted octanol–water partition coefficient (Wildman–Crippen LogP) is 4.96. The van der Waals surface area contributed by atoms with Crippen molar-refractivity contribution >= 4 is 23.6 Å². The normalized spacial score (nSPS) is 21.3. The largest absolute Gasteiger partial charge is 0.496 e. The summed E-state index contributed by atoms with van der Waals surface area (Å²) in [5.41, 5.74) is -1.18. The zero-order chi connectivity index (χ0) is 23.6. The number of hydrogen-bond acceptors (Lipinski definition) is 3. The molecule has 2 aromatic rings. The third-order valence-electron chi connectivity index (χ3n) is 6.28. The summed E-state index contributed by atoms with van der Waals surface area (Å²) in [7, 11) is 1.54. The highest BCUT2D eigenvalue weighted by atomic mass is 19.4. The summed E-state index contributed by atoms with van der Waals surface area (Å²) in [6.45, 7) is 0. The Labute approximate surface area is 190 Å². The van der Waals surface area contributed by atoms with Gasteiger partial charge in [0, 0.05) is 17.3 Å². The van der Waals surface area contributed by atoms with Gasteiger partial charge in [-0.1, -0.05) is 37.1 Å². The highest BCUT2D eigenvalue weighted by Crippen LogP contribution is 2.41. The lowest BCUT2D eigenvalue weighted by atomic mass is 9.80. The van der Waals surface area contributed by atoms with Crippen LogP contribution in [-0.4, -0.2) is 30.5 Å². The third kappa shape index (κ3) is 4.47. The number of rotatable bonds is 6. The van der Waals surface area contributed by atoms with Crippen molar-refractivity contribution < 1.29 is 27.5 Å². The van der Waals surface area contributed by atoms with Crippen LogP contribution >= 0.6 is 0 Å². The summed E-state index contributed by atoms with van der Waals surface area (Å²) in [6.07, 6.45) is 2.59. The molecule has 1 heterocycles. The Hall–Kier alpha value is -3.29. The minimum atomic E-state index is -4.49. The van der Waals surface area contributed by atoms with E-state index in [1.165, 1.54) is 24.1 Å². The number of β-lactam (4-membered cyclic amide) rings is 1. The molecule has 2 fully saturated rings. The maximum atomic E-state index is 13.5. The summed E-state index contributed by atoms with van der Waals surface area (Å²) in [4.78, 5) is 27.4. The first kappa shape index (κ1) is 22.9. The lowest BCUT2D eigenvalue weighted by molar-refractivity contribution is -0.138. The van der Waals surface area contributed by atoms with Crippen molar-refractivity contribution in [2.75, 3.05) is 12.0 Å². The maximum Gasteiger partial charge on any atom is 0.416 e. The van der Waals surface area contributed by atoms with E-state index in [0.717, 1.165) is 43.4 Å². The van der Waals surface area contributed by atoms with Gasteiger partial charge in [0.05, 0.1) is 19.1 Å². The number of halogens is 3. The van der Waals surface area contributed by atoms with Crippen molar-refractivity contribution in [3.63, 3.8) is 0 Å². The molecule has 2 aromatic carbocycles. The molecular formula is C25H25F3N2O3. The number of nitrogens with zero attached hydrogens (tertiary/aromatic N) is 1. The van der Waals surface area contributed by atoms with E-state index in [4.69, 9.17) is 4.74 Å². The van der Waals surface area contributed by atoms with E-state index < -0.39 is 17.3 Å². The van der Waals surface area contributed by atoms with Crippen molar-refractivity contribution in [3.8, 4) is 5.75 Å². The standard InChI is InChI=1S/C25H25F3N2O3/c1-33-21-9-5-2-6-17(21)14-15-24(23(32)29-19-7-3-4-8-19)16-22(31)30(24)20-12-10-18(11-13-20)25(26,27)28/h2,5-6,9-15,19H,3-4,7-8,16H2,1H3,(H,29,32)/b15-14+/t24-/m1/s1. The summed E-state index contributed by atoms with van der Waals surface area (Å²) < 4.78 is 44.4. The van der Waals surface area contributed by atoms with Crippen molar-refractivity contribution in [1.82, 2.24) is 5.32 Å². The van der Waals surface area contributed by atoms with Crippen LogP contribution in [0.25, 0.3) is 6.08 Å². The van der Waals surface area contributed by atoms with Gasteiger partial charge in [0.2, 0.25) is 5.91 Å². The molecule has 1 atom stereocenters. The van der Waals surface area contributed by atoms with Crippen LogP contribution in [0.4, 0.5) is 18.9 Å². The SMILES string of the molecule is COc1ccccc1/C=C/[C@]1(C(=O)NC2CCCC2)CC(=O)N1c1ccc(C(F)(F)F)cc1. The Bertz CT molecular complexity index is 1060. The molecule has 1 saturated heterocycles. The van der Waals surface area contributed by atoms with Crippen LogP contribution in [0, 0.1) is 0 Å². The molecular weight excluding hydrogens is 433 g/mol. The first-order valence-electron chi connectivity index (χ1n) is 10.9. The van der Waals surface area contributed by atoms with E-state index in [1.807, 2.05) is 18.2 Å². The van der Waals surface area contributed by atoms with Gasteiger partial charge < -0.3 is 10.1 Å². The molecule has 5 nitrogen and oxygen atoms in total. The van der Waals surface area contributed by atoms with Crippen LogP contribution < -0.4 is 15.0 Å². The predicted molar refractivity (Wildman–Crippen MR) is 119 cm³/mol. The average Bonchev–Trinajstić information content (AvgIpc) is 3.29. The summed E-state index contributed by atoms with van der Waals surface area (Å²) in [6, 6.07) is 11.6. The van der Waals surface area contributed by atoms with Gasteiger partial charge in [-0.05, 0) is 49.2 Å². The monoisotopic (exact) mass is 458 g/mol. The molecule has 0 unspecified atom stereocenters. The Morgan fingerprint density at radius 2 is 1.79 bits per heavy atom. The molecule has 33 heavy (non-hydrogen) atoms. The van der Waals surface area contributed by atoms with Crippen molar-refractivity contribution in [3.05, 3.63) is 65.7 Å². The fourth-order valence-electron chi connectivity index (χ4n) is 4.50. The Morgan fingerprint density at radius 3 is 2.39 bits per heavy atom. The molecule has 2 amide bonds. The van der Waals surface area contributed by atoms with Crippen LogP contribution in [0.1, 0.15) is 43.2 Å². The van der Waals surface area contributed by atoms with E-state index in [-0.39, 0.29) is 30.0 Å². The van der Waals surface area contributed by atoms with Gasteiger partial charge in [-0.3, -0.25) is 14.5 Å². The van der Waals surface area contributed by atoms with Crippen LogP contribution in [-0.2, 0) is 15.8 Å². The summed E-state index contributed by atoms with van der Waals surface area (Å²) >= 11 is 0. The molecule has 2 aliphatic rings. The van der Waals surface area contributed by atoms with Gasteiger partial charge in [-0.15, -0.1) is 0 Å². The Balaban J connectivity index is 1.70. The zero-order valence-electron chi connectivity index (χ0n) is 18.2. The number of benzene rings is 2. The number of carbonyl (C=O) groups excluding carboxylic acids is 2. The number of methoxy groups -OCH3 is 1. The second-order valence-corrected chi connectivity index (χ2v) is 8.40. The number of carbonyl (C=O) groups is 2. The third-order valence-corrected chi connectivity index (χ3v) is 6.28. The number of anilines is 1. The molecule has 1 aliphatic heterocycles. The number of hydrogen-bond donors (Lipinski definition) is 1. The average molecular weight is 458 g/mol. The van der Waals surface area contributed by atoms with E-state index >= 15 is 0 Å². The number of alkyl halides is 3. The lowest BCUT2D eigenvalue weighted by Crippen LogP contribution is -2.70. The highest BCUT2D eigenvalue weighted by molar-refractivity contribution is 6.15. The second kappa shape index (κ2) is 8.92. The van der Waals surface area contributed by atoms with E-state index in [0.29, 0.717) is 5.75 Å². The van der Waals surface area contributed by atoms with Crippen LogP contribution in [0.15, 0.2) is 54.6 Å². The minimum absolute atomic E-state index is 0.0270. The lowest BCUT2D eigenvalue weighted by Gasteiger charge is -2.49. The molecule has 1 aliphatic carbocycles. The second-order valence-electron chi connectivity index (χ2n) is 8.40. The number of nitrogens with one attached hydrogen (secondary N) is 1. The van der Waals surface area contributed by atoms with Gasteiger partial charge in [0.15, 0.2) is 5.54 Å². The molecule has 0 aromatic heterocycles. The van der Waals surface area contributed by atoms with Gasteiger partial charge in [0.25, 0.3) is 5.91 Å². The van der Waals surface area contributed by atoms with Gasteiger partial charge in [-0.2, -0.15) is 13.2 Å². The Morgan fingerprint density at radius 1 is 1.12 bits per heavy atom. The highest BCUT2D eigenvalue weighted by Gasteiger charge is 2.56. The molecule has 1 saturated carbocycles. The maximum absolute atomic E-state index is 13.5. The van der Waals surface area contributed by atoms with E-state index in [9.17, 15) is 22.8 Å². The van der Waals surface area contributed by atoms with E-state index in [1.54, 1.807) is 18.2 Å². The molecule has 1 N–H and O–H groups in total. The number of ether oxygens (including phenoxy) is 1. The van der Waals surface area contributed by atoms with Crippen LogP contribution in [0.3, 0.4) is 0 Å². The number of amides is 2. The molecule has 0 spiro atoms. The van der Waals surface area contributed by atoms with Crippen LogP contribution in [0.2, 0.25) is 0 Å².